The molecule has 0 amide bonds. The molecule has 0 fully saturated rings. The van der Waals surface area contributed by atoms with E-state index >= 15 is 0 Å². The molecule has 6 heteroatoms. The SMILES string of the molecule is CCC(CC)Cn1ncc([N+](=O)[O-])c1N. The fourth-order valence-electron chi connectivity index (χ4n) is 1.46. The van der Waals surface area contributed by atoms with Gasteiger partial charge >= 0.3 is 5.69 Å². The molecule has 84 valence electrons. The Morgan fingerprint density at radius 2 is 2.20 bits per heavy atom. The van der Waals surface area contributed by atoms with Crippen molar-refractivity contribution in [1.82, 2.24) is 9.78 Å². The van der Waals surface area contributed by atoms with Gasteiger partial charge in [-0.3, -0.25) is 10.1 Å². The fraction of sp³-hybridized carbons (Fsp3) is 0.667. The van der Waals surface area contributed by atoms with E-state index < -0.39 is 4.92 Å². The maximum absolute atomic E-state index is 10.5. The topological polar surface area (TPSA) is 87.0 Å². The predicted octanol–water partition coefficient (Wildman–Crippen LogP) is 1.81. The van der Waals surface area contributed by atoms with E-state index in [0.29, 0.717) is 12.5 Å². The highest BCUT2D eigenvalue weighted by atomic mass is 16.6. The molecule has 0 unspecified atom stereocenters. The van der Waals surface area contributed by atoms with E-state index in [4.69, 9.17) is 5.73 Å². The second-order valence-corrected chi connectivity index (χ2v) is 3.54. The lowest BCUT2D eigenvalue weighted by atomic mass is 10.0. The summed E-state index contributed by atoms with van der Waals surface area (Å²) in [6, 6.07) is 0. The molecular formula is C9H16N4O2. The Kier molecular flexibility index (Phi) is 3.65. The lowest BCUT2D eigenvalue weighted by Crippen LogP contribution is -2.13. The van der Waals surface area contributed by atoms with Crippen molar-refractivity contribution < 1.29 is 4.92 Å². The quantitative estimate of drug-likeness (QED) is 0.595. The second-order valence-electron chi connectivity index (χ2n) is 3.54. The molecule has 1 aromatic rings. The molecule has 2 N–H and O–H groups in total. The van der Waals surface area contributed by atoms with Crippen molar-refractivity contribution in [3.63, 3.8) is 0 Å². The molecule has 0 saturated heterocycles. The van der Waals surface area contributed by atoms with E-state index in [9.17, 15) is 10.1 Å². The highest BCUT2D eigenvalue weighted by Gasteiger charge is 2.18. The normalized spacial score (nSPS) is 10.9. The minimum Gasteiger partial charge on any atom is -0.378 e. The summed E-state index contributed by atoms with van der Waals surface area (Å²) < 4.78 is 1.51. The smallest absolute Gasteiger partial charge is 0.330 e. The Bertz CT molecular complexity index is 344. The third-order valence-corrected chi connectivity index (χ3v) is 2.64. The zero-order valence-electron chi connectivity index (χ0n) is 9.01. The highest BCUT2D eigenvalue weighted by Crippen LogP contribution is 2.22. The van der Waals surface area contributed by atoms with Gasteiger partial charge in [0.25, 0.3) is 0 Å². The van der Waals surface area contributed by atoms with Gasteiger partial charge in [-0.2, -0.15) is 5.10 Å². The Balaban J connectivity index is 2.82. The summed E-state index contributed by atoms with van der Waals surface area (Å²) in [6.45, 7) is 4.82. The average Bonchev–Trinajstić information content (AvgIpc) is 2.56. The van der Waals surface area contributed by atoms with Gasteiger partial charge < -0.3 is 5.73 Å². The summed E-state index contributed by atoms with van der Waals surface area (Å²) in [5.41, 5.74) is 5.51. The maximum atomic E-state index is 10.5. The molecule has 0 bridgehead atoms. The van der Waals surface area contributed by atoms with Crippen LogP contribution in [0.3, 0.4) is 0 Å². The molecule has 15 heavy (non-hydrogen) atoms. The van der Waals surface area contributed by atoms with Crippen LogP contribution in [0.25, 0.3) is 0 Å². The minimum absolute atomic E-state index is 0.110. The van der Waals surface area contributed by atoms with E-state index in [0.717, 1.165) is 12.8 Å². The van der Waals surface area contributed by atoms with Crippen LogP contribution in [0.5, 0.6) is 0 Å². The van der Waals surface area contributed by atoms with Gasteiger partial charge in [-0.15, -0.1) is 0 Å². The first kappa shape index (κ1) is 11.5. The van der Waals surface area contributed by atoms with Crippen LogP contribution >= 0.6 is 0 Å². The van der Waals surface area contributed by atoms with Crippen LogP contribution in [0, 0.1) is 16.0 Å². The van der Waals surface area contributed by atoms with E-state index in [1.165, 1.54) is 10.9 Å². The molecule has 0 aromatic carbocycles. The molecule has 0 aliphatic heterocycles. The fourth-order valence-corrected chi connectivity index (χ4v) is 1.46. The Morgan fingerprint density at radius 3 is 2.60 bits per heavy atom. The molecular weight excluding hydrogens is 196 g/mol. The highest BCUT2D eigenvalue weighted by molar-refractivity contribution is 5.51. The van der Waals surface area contributed by atoms with Crippen molar-refractivity contribution in [3.05, 3.63) is 16.3 Å². The number of nitro groups is 1. The Labute approximate surface area is 88.2 Å². The molecule has 1 aromatic heterocycles. The number of nitrogens with two attached hydrogens (primary N) is 1. The average molecular weight is 212 g/mol. The number of hydrogen-bond donors (Lipinski definition) is 1. The monoisotopic (exact) mass is 212 g/mol. The molecule has 0 atom stereocenters. The van der Waals surface area contributed by atoms with Crippen molar-refractivity contribution in [2.75, 3.05) is 5.73 Å². The summed E-state index contributed by atoms with van der Waals surface area (Å²) >= 11 is 0. The summed E-state index contributed by atoms with van der Waals surface area (Å²) in [5.74, 6) is 0.610. The van der Waals surface area contributed by atoms with Crippen LogP contribution in [0.1, 0.15) is 26.7 Å². The minimum atomic E-state index is -0.508. The van der Waals surface area contributed by atoms with Crippen molar-refractivity contribution in [3.8, 4) is 0 Å². The second kappa shape index (κ2) is 4.77. The lowest BCUT2D eigenvalue weighted by Gasteiger charge is -2.12. The van der Waals surface area contributed by atoms with Crippen LogP contribution in [-0.2, 0) is 6.54 Å². The molecule has 0 radical (unpaired) electrons. The van der Waals surface area contributed by atoms with Crippen molar-refractivity contribution in [2.45, 2.75) is 33.2 Å². The van der Waals surface area contributed by atoms with Crippen molar-refractivity contribution >= 4 is 11.5 Å². The van der Waals surface area contributed by atoms with Crippen LogP contribution in [-0.4, -0.2) is 14.7 Å². The number of hydrogen-bond acceptors (Lipinski definition) is 4. The van der Waals surface area contributed by atoms with Gasteiger partial charge in [-0.25, -0.2) is 4.68 Å². The third kappa shape index (κ3) is 2.45. The van der Waals surface area contributed by atoms with Crippen LogP contribution < -0.4 is 5.73 Å². The largest absolute Gasteiger partial charge is 0.378 e. The molecule has 0 spiro atoms. The molecule has 1 heterocycles. The molecule has 0 aliphatic carbocycles. The van der Waals surface area contributed by atoms with E-state index in [2.05, 4.69) is 18.9 Å². The van der Waals surface area contributed by atoms with Crippen molar-refractivity contribution in [2.24, 2.45) is 5.92 Å². The van der Waals surface area contributed by atoms with Gasteiger partial charge in [0.2, 0.25) is 5.82 Å². The predicted molar refractivity (Wildman–Crippen MR) is 57.4 cm³/mol. The number of aromatic nitrogens is 2. The van der Waals surface area contributed by atoms with Gasteiger partial charge in [0.15, 0.2) is 0 Å². The Morgan fingerprint density at radius 1 is 1.60 bits per heavy atom. The zero-order chi connectivity index (χ0) is 11.4. The first-order valence-corrected chi connectivity index (χ1v) is 5.05. The molecule has 0 aliphatic rings. The first-order valence-electron chi connectivity index (χ1n) is 5.05. The van der Waals surface area contributed by atoms with E-state index in [-0.39, 0.29) is 11.5 Å². The lowest BCUT2D eigenvalue weighted by molar-refractivity contribution is -0.384. The number of nitrogen functional groups attached to an aromatic ring is 1. The van der Waals surface area contributed by atoms with Crippen molar-refractivity contribution in [1.29, 1.82) is 0 Å². The summed E-state index contributed by atoms with van der Waals surface area (Å²) in [7, 11) is 0. The van der Waals surface area contributed by atoms with E-state index in [1.807, 2.05) is 0 Å². The van der Waals surface area contributed by atoms with Gasteiger partial charge in [0.05, 0.1) is 4.92 Å². The maximum Gasteiger partial charge on any atom is 0.330 e. The first-order chi connectivity index (χ1) is 7.10. The van der Waals surface area contributed by atoms with Gasteiger partial charge in [0.1, 0.15) is 6.20 Å². The van der Waals surface area contributed by atoms with E-state index in [1.54, 1.807) is 0 Å². The van der Waals surface area contributed by atoms with Crippen LogP contribution in [0.2, 0.25) is 0 Å². The molecule has 6 nitrogen and oxygen atoms in total. The summed E-state index contributed by atoms with van der Waals surface area (Å²) in [4.78, 5) is 10.0. The van der Waals surface area contributed by atoms with Crippen LogP contribution in [0.4, 0.5) is 11.5 Å². The van der Waals surface area contributed by atoms with Gasteiger partial charge in [-0.05, 0) is 5.92 Å². The third-order valence-electron chi connectivity index (χ3n) is 2.64. The Hall–Kier alpha value is -1.59. The molecule has 1 rings (SSSR count). The number of anilines is 1. The standard InChI is InChI=1S/C9H16N4O2/c1-3-7(4-2)6-12-9(10)8(5-11-12)13(14)15/h5,7H,3-4,6,10H2,1-2H3. The number of rotatable bonds is 5. The van der Waals surface area contributed by atoms with Crippen LogP contribution in [0.15, 0.2) is 6.20 Å². The summed E-state index contributed by atoms with van der Waals surface area (Å²) in [5, 5.41) is 14.5. The summed E-state index contributed by atoms with van der Waals surface area (Å²) in [6.07, 6.45) is 3.24. The zero-order valence-corrected chi connectivity index (χ0v) is 9.01. The number of nitrogens with zero attached hydrogens (tertiary/aromatic N) is 3. The molecule has 0 saturated carbocycles. The van der Waals surface area contributed by atoms with Gasteiger partial charge in [-0.1, -0.05) is 26.7 Å². The van der Waals surface area contributed by atoms with Gasteiger partial charge in [0, 0.05) is 6.54 Å².